The average Bonchev–Trinajstić information content (AvgIpc) is 2.74. The van der Waals surface area contributed by atoms with Crippen LogP contribution in [0, 0.1) is 5.92 Å². The summed E-state index contributed by atoms with van der Waals surface area (Å²) in [5, 5.41) is 2.43. The van der Waals surface area contributed by atoms with E-state index in [1.54, 1.807) is 0 Å². The van der Waals surface area contributed by atoms with Gasteiger partial charge in [-0.05, 0) is 41.7 Å². The van der Waals surface area contributed by atoms with Crippen LogP contribution in [0.5, 0.6) is 0 Å². The highest BCUT2D eigenvalue weighted by molar-refractivity contribution is 5.86. The Hall–Kier alpha value is -2.95. The van der Waals surface area contributed by atoms with Crippen molar-refractivity contribution in [3.63, 3.8) is 0 Å². The van der Waals surface area contributed by atoms with Crippen LogP contribution in [-0.2, 0) is 9.53 Å². The minimum atomic E-state index is -0.122. The summed E-state index contributed by atoms with van der Waals surface area (Å²) in [6.45, 7) is 1.73. The third-order valence-corrected chi connectivity index (χ3v) is 5.27. The molecule has 4 rings (SSSR count). The summed E-state index contributed by atoms with van der Waals surface area (Å²) in [5.41, 5.74) is 2.03. The van der Waals surface area contributed by atoms with E-state index < -0.39 is 0 Å². The van der Waals surface area contributed by atoms with E-state index in [0.717, 1.165) is 43.1 Å². The molecule has 1 aliphatic rings. The van der Waals surface area contributed by atoms with E-state index in [1.165, 1.54) is 17.9 Å². The van der Waals surface area contributed by atoms with Crippen LogP contribution in [0.2, 0.25) is 0 Å². The summed E-state index contributed by atoms with van der Waals surface area (Å²) in [4.78, 5) is 22.9. The Kier molecular flexibility index (Phi) is 5.01. The van der Waals surface area contributed by atoms with Crippen molar-refractivity contribution in [1.82, 2.24) is 9.97 Å². The predicted molar refractivity (Wildman–Crippen MR) is 107 cm³/mol. The van der Waals surface area contributed by atoms with E-state index in [-0.39, 0.29) is 5.97 Å². The molecule has 1 fully saturated rings. The van der Waals surface area contributed by atoms with Crippen LogP contribution in [-0.4, -0.2) is 36.1 Å². The predicted octanol–water partition coefficient (Wildman–Crippen LogP) is 4.08. The minimum absolute atomic E-state index is 0.122. The molecule has 27 heavy (non-hydrogen) atoms. The Labute approximate surface area is 159 Å². The molecule has 3 aromatic rings. The normalized spacial score (nSPS) is 15.1. The quantitative estimate of drug-likeness (QED) is 0.656. The number of anilines is 1. The van der Waals surface area contributed by atoms with E-state index in [2.05, 4.69) is 52.3 Å². The van der Waals surface area contributed by atoms with Gasteiger partial charge < -0.3 is 9.64 Å². The van der Waals surface area contributed by atoms with Crippen molar-refractivity contribution in [3.05, 3.63) is 54.7 Å². The Bertz CT molecular complexity index is 949. The molecule has 5 nitrogen and oxygen atoms in total. The first-order valence-electron chi connectivity index (χ1n) is 9.37. The van der Waals surface area contributed by atoms with Gasteiger partial charge in [-0.1, -0.05) is 36.4 Å². The molecule has 5 heteroatoms. The molecule has 138 valence electrons. The summed E-state index contributed by atoms with van der Waals surface area (Å²) in [6, 6.07) is 16.7. The molecule has 1 aromatic heterocycles. The Morgan fingerprint density at radius 2 is 1.89 bits per heavy atom. The largest absolute Gasteiger partial charge is 0.469 e. The van der Waals surface area contributed by atoms with E-state index in [4.69, 9.17) is 9.72 Å². The standard InChI is InChI=1S/C22H23N3O2/c1-27-21(26)14-16-9-12-25(13-10-16)22-23-11-8-20(24-22)19-7-6-17-4-2-3-5-18(17)15-19/h2-8,11,15-16H,9-10,12-14H2,1H3. The van der Waals surface area contributed by atoms with Gasteiger partial charge in [-0.3, -0.25) is 4.79 Å². The summed E-state index contributed by atoms with van der Waals surface area (Å²) in [7, 11) is 1.45. The highest BCUT2D eigenvalue weighted by Crippen LogP contribution is 2.26. The molecular weight excluding hydrogens is 338 g/mol. The summed E-state index contributed by atoms with van der Waals surface area (Å²) in [6.07, 6.45) is 4.24. The van der Waals surface area contributed by atoms with Crippen LogP contribution in [0.4, 0.5) is 5.95 Å². The van der Waals surface area contributed by atoms with Gasteiger partial charge in [-0.2, -0.15) is 0 Å². The van der Waals surface area contributed by atoms with Gasteiger partial charge in [0.2, 0.25) is 5.95 Å². The maximum atomic E-state index is 11.5. The van der Waals surface area contributed by atoms with Crippen LogP contribution >= 0.6 is 0 Å². The molecule has 0 amide bonds. The fourth-order valence-corrected chi connectivity index (χ4v) is 3.67. The fraction of sp³-hybridized carbons (Fsp3) is 0.318. The molecule has 0 radical (unpaired) electrons. The van der Waals surface area contributed by atoms with E-state index in [0.29, 0.717) is 12.3 Å². The van der Waals surface area contributed by atoms with Crippen molar-refractivity contribution in [2.45, 2.75) is 19.3 Å². The third kappa shape index (κ3) is 3.92. The average molecular weight is 361 g/mol. The number of benzene rings is 2. The minimum Gasteiger partial charge on any atom is -0.469 e. The van der Waals surface area contributed by atoms with Crippen molar-refractivity contribution < 1.29 is 9.53 Å². The van der Waals surface area contributed by atoms with E-state index in [9.17, 15) is 4.79 Å². The molecule has 0 bridgehead atoms. The van der Waals surface area contributed by atoms with Crippen LogP contribution in [0.15, 0.2) is 54.7 Å². The number of hydrogen-bond donors (Lipinski definition) is 0. The number of carbonyl (C=O) groups is 1. The van der Waals surface area contributed by atoms with Crippen molar-refractivity contribution in [1.29, 1.82) is 0 Å². The number of ether oxygens (including phenoxy) is 1. The molecule has 0 saturated carbocycles. The maximum absolute atomic E-state index is 11.5. The molecule has 0 N–H and O–H groups in total. The molecule has 0 atom stereocenters. The summed E-state index contributed by atoms with van der Waals surface area (Å²) in [5.74, 6) is 1.03. The summed E-state index contributed by atoms with van der Waals surface area (Å²) >= 11 is 0. The second-order valence-corrected chi connectivity index (χ2v) is 7.01. The highest BCUT2D eigenvalue weighted by atomic mass is 16.5. The Morgan fingerprint density at radius 1 is 1.11 bits per heavy atom. The number of esters is 1. The monoisotopic (exact) mass is 361 g/mol. The van der Waals surface area contributed by atoms with Crippen molar-refractivity contribution in [3.8, 4) is 11.3 Å². The Balaban J connectivity index is 1.50. The number of carbonyl (C=O) groups excluding carboxylic acids is 1. The van der Waals surface area contributed by atoms with Crippen LogP contribution in [0.3, 0.4) is 0 Å². The van der Waals surface area contributed by atoms with Crippen molar-refractivity contribution >= 4 is 22.7 Å². The zero-order chi connectivity index (χ0) is 18.6. The second kappa shape index (κ2) is 7.74. The van der Waals surface area contributed by atoms with Gasteiger partial charge >= 0.3 is 5.97 Å². The first-order valence-corrected chi connectivity index (χ1v) is 9.37. The smallest absolute Gasteiger partial charge is 0.305 e. The lowest BCUT2D eigenvalue weighted by atomic mass is 9.94. The lowest BCUT2D eigenvalue weighted by Gasteiger charge is -2.31. The van der Waals surface area contributed by atoms with Gasteiger partial charge in [-0.25, -0.2) is 9.97 Å². The van der Waals surface area contributed by atoms with Gasteiger partial charge in [0.15, 0.2) is 0 Å². The first-order chi connectivity index (χ1) is 13.2. The molecule has 0 aliphatic carbocycles. The van der Waals surface area contributed by atoms with Gasteiger partial charge in [-0.15, -0.1) is 0 Å². The number of fused-ring (bicyclic) bond motifs is 1. The Morgan fingerprint density at radius 3 is 2.67 bits per heavy atom. The SMILES string of the molecule is COC(=O)CC1CCN(c2nccc(-c3ccc4ccccc4c3)n2)CC1. The number of hydrogen-bond acceptors (Lipinski definition) is 5. The number of rotatable bonds is 4. The van der Waals surface area contributed by atoms with Crippen LogP contribution < -0.4 is 4.90 Å². The molecule has 0 spiro atoms. The maximum Gasteiger partial charge on any atom is 0.305 e. The highest BCUT2D eigenvalue weighted by Gasteiger charge is 2.23. The topological polar surface area (TPSA) is 55.3 Å². The summed E-state index contributed by atoms with van der Waals surface area (Å²) < 4.78 is 4.78. The molecule has 2 heterocycles. The third-order valence-electron chi connectivity index (χ3n) is 5.27. The molecule has 1 saturated heterocycles. The number of nitrogens with zero attached hydrogens (tertiary/aromatic N) is 3. The number of aromatic nitrogens is 2. The molecule has 1 aliphatic heterocycles. The number of piperidine rings is 1. The second-order valence-electron chi connectivity index (χ2n) is 7.01. The lowest BCUT2D eigenvalue weighted by Crippen LogP contribution is -2.35. The van der Waals surface area contributed by atoms with Crippen LogP contribution in [0.25, 0.3) is 22.0 Å². The van der Waals surface area contributed by atoms with E-state index in [1.807, 2.05) is 12.3 Å². The van der Waals surface area contributed by atoms with E-state index >= 15 is 0 Å². The molecule has 0 unspecified atom stereocenters. The zero-order valence-corrected chi connectivity index (χ0v) is 15.5. The van der Waals surface area contributed by atoms with Crippen LogP contribution in [0.1, 0.15) is 19.3 Å². The fourth-order valence-electron chi connectivity index (χ4n) is 3.67. The molecule has 2 aromatic carbocycles. The lowest BCUT2D eigenvalue weighted by molar-refractivity contribution is -0.141. The zero-order valence-electron chi connectivity index (χ0n) is 15.5. The number of methoxy groups -OCH3 is 1. The van der Waals surface area contributed by atoms with Gasteiger partial charge in [0.05, 0.1) is 12.8 Å². The van der Waals surface area contributed by atoms with Gasteiger partial charge in [0, 0.05) is 31.3 Å². The molecular formula is C22H23N3O2. The van der Waals surface area contributed by atoms with Gasteiger partial charge in [0.25, 0.3) is 0 Å². The van der Waals surface area contributed by atoms with Gasteiger partial charge in [0.1, 0.15) is 0 Å². The first kappa shape index (κ1) is 17.5. The van der Waals surface area contributed by atoms with Crippen molar-refractivity contribution in [2.24, 2.45) is 5.92 Å². The van der Waals surface area contributed by atoms with Crippen molar-refractivity contribution in [2.75, 3.05) is 25.1 Å².